The van der Waals surface area contributed by atoms with E-state index in [4.69, 9.17) is 14.2 Å². The van der Waals surface area contributed by atoms with E-state index in [0.29, 0.717) is 0 Å². The summed E-state index contributed by atoms with van der Waals surface area (Å²) in [5, 5.41) is 0. The number of rotatable bonds is 5. The number of carbonyl (C=O) groups is 3. The lowest BCUT2D eigenvalue weighted by Gasteiger charge is -2.21. The second kappa shape index (κ2) is 5.86. The topological polar surface area (TPSA) is 78.9 Å². The van der Waals surface area contributed by atoms with Crippen molar-refractivity contribution in [3.8, 4) is 0 Å². The first-order chi connectivity index (χ1) is 8.74. The highest BCUT2D eigenvalue weighted by atomic mass is 16.6. The predicted octanol–water partition coefficient (Wildman–Crippen LogP) is 0.991. The molecule has 1 rings (SSSR count). The molecular weight excluding hydrogens is 252 g/mol. The number of ether oxygens (including phenoxy) is 3. The summed E-state index contributed by atoms with van der Waals surface area (Å²) in [7, 11) is 0. The van der Waals surface area contributed by atoms with Crippen molar-refractivity contribution in [2.75, 3.05) is 13.2 Å². The quantitative estimate of drug-likeness (QED) is 0.421. The van der Waals surface area contributed by atoms with Crippen molar-refractivity contribution >= 4 is 17.9 Å². The van der Waals surface area contributed by atoms with Crippen LogP contribution in [-0.4, -0.2) is 37.2 Å². The molecule has 1 fully saturated rings. The van der Waals surface area contributed by atoms with Crippen molar-refractivity contribution in [3.63, 3.8) is 0 Å². The zero-order valence-corrected chi connectivity index (χ0v) is 11.4. The van der Waals surface area contributed by atoms with Gasteiger partial charge in [0.15, 0.2) is 0 Å². The first-order valence-electron chi connectivity index (χ1n) is 5.93. The van der Waals surface area contributed by atoms with E-state index in [2.05, 4.69) is 6.58 Å². The van der Waals surface area contributed by atoms with Gasteiger partial charge in [0.1, 0.15) is 13.2 Å². The van der Waals surface area contributed by atoms with E-state index in [9.17, 15) is 14.4 Å². The highest BCUT2D eigenvalue weighted by molar-refractivity contribution is 5.87. The molecule has 0 N–H and O–H groups in total. The van der Waals surface area contributed by atoms with Gasteiger partial charge < -0.3 is 14.2 Å². The molecule has 6 nitrogen and oxygen atoms in total. The molecule has 1 aliphatic heterocycles. The van der Waals surface area contributed by atoms with E-state index in [1.165, 1.54) is 6.92 Å². The van der Waals surface area contributed by atoms with Gasteiger partial charge in [-0.2, -0.15) is 0 Å². The minimum atomic E-state index is -0.906. The van der Waals surface area contributed by atoms with Crippen LogP contribution in [0, 0.1) is 5.41 Å². The van der Waals surface area contributed by atoms with E-state index in [1.54, 1.807) is 13.8 Å². The SMILES string of the molecule is C=C(C)C(=O)OCCC(=O)OC1C(=O)OCC1(C)C. The van der Waals surface area contributed by atoms with E-state index < -0.39 is 29.4 Å². The summed E-state index contributed by atoms with van der Waals surface area (Å²) >= 11 is 0. The summed E-state index contributed by atoms with van der Waals surface area (Å²) < 4.78 is 14.7. The van der Waals surface area contributed by atoms with Gasteiger partial charge in [-0.15, -0.1) is 0 Å². The molecule has 0 radical (unpaired) electrons. The normalized spacial score (nSPS) is 20.6. The Morgan fingerprint density at radius 1 is 1.47 bits per heavy atom. The lowest BCUT2D eigenvalue weighted by molar-refractivity contribution is -0.164. The zero-order valence-electron chi connectivity index (χ0n) is 11.4. The van der Waals surface area contributed by atoms with Crippen LogP contribution >= 0.6 is 0 Å². The summed E-state index contributed by atoms with van der Waals surface area (Å²) in [5.41, 5.74) is -0.282. The Morgan fingerprint density at radius 3 is 2.58 bits per heavy atom. The Hall–Kier alpha value is -1.85. The first kappa shape index (κ1) is 15.2. The van der Waals surface area contributed by atoms with Crippen LogP contribution in [0.1, 0.15) is 27.2 Å². The van der Waals surface area contributed by atoms with Crippen molar-refractivity contribution in [3.05, 3.63) is 12.2 Å². The van der Waals surface area contributed by atoms with E-state index in [0.717, 1.165) is 0 Å². The summed E-state index contributed by atoms with van der Waals surface area (Å²) in [5.74, 6) is -1.71. The molecule has 0 aromatic rings. The predicted molar refractivity (Wildman–Crippen MR) is 65.0 cm³/mol. The van der Waals surface area contributed by atoms with Crippen LogP contribution in [0.5, 0.6) is 0 Å². The third-order valence-electron chi connectivity index (χ3n) is 2.65. The van der Waals surface area contributed by atoms with Crippen LogP contribution in [0.25, 0.3) is 0 Å². The Balaban J connectivity index is 2.37. The van der Waals surface area contributed by atoms with Gasteiger partial charge in [-0.25, -0.2) is 9.59 Å². The van der Waals surface area contributed by atoms with E-state index >= 15 is 0 Å². The maximum absolute atomic E-state index is 11.5. The largest absolute Gasteiger partial charge is 0.462 e. The van der Waals surface area contributed by atoms with Gasteiger partial charge in [0.05, 0.1) is 6.42 Å². The molecule has 0 bridgehead atoms. The van der Waals surface area contributed by atoms with Gasteiger partial charge in [0.2, 0.25) is 6.10 Å². The number of esters is 3. The molecule has 0 aromatic carbocycles. The summed E-state index contributed by atoms with van der Waals surface area (Å²) in [6, 6.07) is 0. The fourth-order valence-corrected chi connectivity index (χ4v) is 1.48. The van der Waals surface area contributed by atoms with Crippen molar-refractivity contribution in [2.24, 2.45) is 5.41 Å². The Morgan fingerprint density at radius 2 is 2.11 bits per heavy atom. The van der Waals surface area contributed by atoms with Gasteiger partial charge >= 0.3 is 17.9 Å². The number of hydrogen-bond acceptors (Lipinski definition) is 6. The fraction of sp³-hybridized carbons (Fsp3) is 0.615. The van der Waals surface area contributed by atoms with Crippen LogP contribution in [0.3, 0.4) is 0 Å². The molecule has 0 aliphatic carbocycles. The summed E-state index contributed by atoms with van der Waals surface area (Å²) in [4.78, 5) is 34.0. The molecule has 1 aliphatic rings. The Bertz CT molecular complexity index is 409. The highest BCUT2D eigenvalue weighted by Crippen LogP contribution is 2.31. The van der Waals surface area contributed by atoms with Crippen LogP contribution in [0.2, 0.25) is 0 Å². The summed E-state index contributed by atoms with van der Waals surface area (Å²) in [6.45, 7) is 8.59. The number of hydrogen-bond donors (Lipinski definition) is 0. The molecule has 1 saturated heterocycles. The molecule has 1 heterocycles. The molecule has 106 valence electrons. The Labute approximate surface area is 111 Å². The Kier molecular flexibility index (Phi) is 4.69. The van der Waals surface area contributed by atoms with Crippen molar-refractivity contribution in [1.29, 1.82) is 0 Å². The van der Waals surface area contributed by atoms with Crippen LogP contribution in [0.15, 0.2) is 12.2 Å². The number of carbonyl (C=O) groups excluding carboxylic acids is 3. The van der Waals surface area contributed by atoms with Gasteiger partial charge in [-0.3, -0.25) is 4.79 Å². The van der Waals surface area contributed by atoms with Gasteiger partial charge in [-0.1, -0.05) is 20.4 Å². The van der Waals surface area contributed by atoms with Gasteiger partial charge in [0.25, 0.3) is 0 Å². The van der Waals surface area contributed by atoms with Gasteiger partial charge in [-0.05, 0) is 6.92 Å². The molecule has 1 unspecified atom stereocenters. The maximum atomic E-state index is 11.5. The molecule has 6 heteroatoms. The van der Waals surface area contributed by atoms with Gasteiger partial charge in [0, 0.05) is 11.0 Å². The van der Waals surface area contributed by atoms with Crippen molar-refractivity contribution in [1.82, 2.24) is 0 Å². The van der Waals surface area contributed by atoms with Crippen LogP contribution < -0.4 is 0 Å². The average molecular weight is 270 g/mol. The molecule has 1 atom stereocenters. The molecule has 0 saturated carbocycles. The molecule has 0 spiro atoms. The summed E-state index contributed by atoms with van der Waals surface area (Å²) in [6.07, 6.45) is -1.02. The smallest absolute Gasteiger partial charge is 0.348 e. The molecular formula is C13H18O6. The van der Waals surface area contributed by atoms with E-state index in [-0.39, 0.29) is 25.2 Å². The van der Waals surface area contributed by atoms with E-state index in [1.807, 2.05) is 0 Å². The fourth-order valence-electron chi connectivity index (χ4n) is 1.48. The minimum Gasteiger partial charge on any atom is -0.462 e. The second-order valence-electron chi connectivity index (χ2n) is 5.13. The van der Waals surface area contributed by atoms with Crippen LogP contribution in [-0.2, 0) is 28.6 Å². The third kappa shape index (κ3) is 4.08. The molecule has 0 aromatic heterocycles. The minimum absolute atomic E-state index is 0.104. The standard InChI is InChI=1S/C13H18O6/c1-8(2)11(15)17-6-5-9(14)19-10-12(16)18-7-13(10,3)4/h10H,1,5-7H2,2-4H3. The lowest BCUT2D eigenvalue weighted by Crippen LogP contribution is -2.35. The number of cyclic esters (lactones) is 1. The highest BCUT2D eigenvalue weighted by Gasteiger charge is 2.46. The molecule has 19 heavy (non-hydrogen) atoms. The van der Waals surface area contributed by atoms with Crippen LogP contribution in [0.4, 0.5) is 0 Å². The van der Waals surface area contributed by atoms with Crippen molar-refractivity contribution < 1.29 is 28.6 Å². The average Bonchev–Trinajstić information content (AvgIpc) is 2.56. The lowest BCUT2D eigenvalue weighted by atomic mass is 9.90. The maximum Gasteiger partial charge on any atom is 0.348 e. The monoisotopic (exact) mass is 270 g/mol. The third-order valence-corrected chi connectivity index (χ3v) is 2.65. The second-order valence-corrected chi connectivity index (χ2v) is 5.13. The zero-order chi connectivity index (χ0) is 14.6. The first-order valence-corrected chi connectivity index (χ1v) is 5.93. The van der Waals surface area contributed by atoms with Crippen molar-refractivity contribution in [2.45, 2.75) is 33.3 Å². The molecule has 0 amide bonds.